The molecular weight excluding hydrogens is 288 g/mol. The molecule has 0 bridgehead atoms. The van der Waals surface area contributed by atoms with Crippen LogP contribution in [0.3, 0.4) is 0 Å². The summed E-state index contributed by atoms with van der Waals surface area (Å²) >= 11 is 0. The molecule has 2 heterocycles. The molecule has 0 aliphatic heterocycles. The molecule has 0 aliphatic rings. The van der Waals surface area contributed by atoms with Crippen molar-refractivity contribution in [1.82, 2.24) is 19.9 Å². The molecule has 0 fully saturated rings. The van der Waals surface area contributed by atoms with Crippen molar-refractivity contribution in [2.45, 2.75) is 13.0 Å². The first-order valence-electron chi connectivity index (χ1n) is 7.40. The molecule has 23 heavy (non-hydrogen) atoms. The average Bonchev–Trinajstić information content (AvgIpc) is 2.99. The van der Waals surface area contributed by atoms with Crippen LogP contribution >= 0.6 is 0 Å². The monoisotopic (exact) mass is 306 g/mol. The maximum Gasteiger partial charge on any atom is 0.252 e. The molecule has 0 aliphatic carbocycles. The van der Waals surface area contributed by atoms with Crippen LogP contribution in [0.4, 0.5) is 0 Å². The van der Waals surface area contributed by atoms with E-state index in [1.54, 1.807) is 30.7 Å². The Labute approximate surface area is 135 Å². The number of imidazole rings is 1. The van der Waals surface area contributed by atoms with E-state index in [0.717, 1.165) is 17.0 Å². The lowest BCUT2D eigenvalue weighted by atomic mass is 10.0. The third-order valence-corrected chi connectivity index (χ3v) is 3.71. The number of benzene rings is 1. The molecule has 3 aromatic rings. The van der Waals surface area contributed by atoms with Crippen molar-refractivity contribution in [2.75, 3.05) is 0 Å². The lowest BCUT2D eigenvalue weighted by Gasteiger charge is -2.19. The Kier molecular flexibility index (Phi) is 4.19. The first kappa shape index (κ1) is 15.0. The summed E-state index contributed by atoms with van der Waals surface area (Å²) in [5.41, 5.74) is 2.72. The molecule has 0 radical (unpaired) electrons. The van der Waals surface area contributed by atoms with Crippen LogP contribution in [0.1, 0.15) is 33.4 Å². The van der Waals surface area contributed by atoms with Crippen molar-refractivity contribution < 1.29 is 4.79 Å². The Hall–Kier alpha value is -2.95. The number of nitrogens with one attached hydrogen (secondary N) is 1. The highest BCUT2D eigenvalue weighted by Gasteiger charge is 2.21. The van der Waals surface area contributed by atoms with Gasteiger partial charge in [0.1, 0.15) is 11.9 Å². The summed E-state index contributed by atoms with van der Waals surface area (Å²) in [6.45, 7) is 2.03. The molecule has 3 rings (SSSR count). The van der Waals surface area contributed by atoms with Gasteiger partial charge in [-0.15, -0.1) is 0 Å². The molecule has 1 atom stereocenters. The third kappa shape index (κ3) is 3.29. The second kappa shape index (κ2) is 6.44. The average molecular weight is 306 g/mol. The van der Waals surface area contributed by atoms with Gasteiger partial charge in [-0.3, -0.25) is 9.78 Å². The summed E-state index contributed by atoms with van der Waals surface area (Å²) in [7, 11) is 1.92. The number of hydrogen-bond acceptors (Lipinski definition) is 3. The molecule has 5 nitrogen and oxygen atoms in total. The summed E-state index contributed by atoms with van der Waals surface area (Å²) in [5.74, 6) is 0.639. The van der Waals surface area contributed by atoms with Gasteiger partial charge in [0.25, 0.3) is 5.91 Å². The van der Waals surface area contributed by atoms with Crippen molar-refractivity contribution in [3.63, 3.8) is 0 Å². The van der Waals surface area contributed by atoms with Crippen LogP contribution < -0.4 is 5.32 Å². The zero-order valence-corrected chi connectivity index (χ0v) is 13.1. The van der Waals surface area contributed by atoms with Gasteiger partial charge in [-0.2, -0.15) is 0 Å². The summed E-state index contributed by atoms with van der Waals surface area (Å²) in [4.78, 5) is 20.9. The summed E-state index contributed by atoms with van der Waals surface area (Å²) < 4.78 is 1.92. The van der Waals surface area contributed by atoms with E-state index in [1.165, 1.54) is 0 Å². The fourth-order valence-corrected chi connectivity index (χ4v) is 2.52. The molecule has 1 aromatic carbocycles. The van der Waals surface area contributed by atoms with Crippen molar-refractivity contribution in [1.29, 1.82) is 0 Å². The number of rotatable bonds is 4. The second-order valence-electron chi connectivity index (χ2n) is 5.45. The van der Waals surface area contributed by atoms with Crippen LogP contribution in [0.15, 0.2) is 61.2 Å². The summed E-state index contributed by atoms with van der Waals surface area (Å²) in [5, 5.41) is 3.07. The van der Waals surface area contributed by atoms with Crippen LogP contribution in [0, 0.1) is 6.92 Å². The van der Waals surface area contributed by atoms with Gasteiger partial charge in [-0.25, -0.2) is 4.98 Å². The third-order valence-electron chi connectivity index (χ3n) is 3.71. The minimum Gasteiger partial charge on any atom is -0.338 e. The number of aromatic nitrogens is 3. The normalized spacial score (nSPS) is 11.9. The lowest BCUT2D eigenvalue weighted by molar-refractivity contribution is 0.0941. The highest BCUT2D eigenvalue weighted by molar-refractivity contribution is 5.94. The topological polar surface area (TPSA) is 59.8 Å². The van der Waals surface area contributed by atoms with Crippen LogP contribution in [0.2, 0.25) is 0 Å². The van der Waals surface area contributed by atoms with Crippen LogP contribution in [0.25, 0.3) is 0 Å². The Balaban J connectivity index is 1.96. The van der Waals surface area contributed by atoms with E-state index in [1.807, 2.05) is 42.9 Å². The van der Waals surface area contributed by atoms with Gasteiger partial charge in [-0.05, 0) is 24.6 Å². The van der Waals surface area contributed by atoms with E-state index in [9.17, 15) is 4.79 Å². The van der Waals surface area contributed by atoms with E-state index in [0.29, 0.717) is 5.56 Å². The number of hydrogen-bond donors (Lipinski definition) is 1. The van der Waals surface area contributed by atoms with Gasteiger partial charge in [0.2, 0.25) is 0 Å². The van der Waals surface area contributed by atoms with Crippen molar-refractivity contribution in [2.24, 2.45) is 7.05 Å². The van der Waals surface area contributed by atoms with Crippen LogP contribution in [-0.4, -0.2) is 20.4 Å². The minimum absolute atomic E-state index is 0.151. The number of amides is 1. The SMILES string of the molecule is Cc1cccc(C(NC(=O)c2ccncc2)c2nccn2C)c1. The Morgan fingerprint density at radius 2 is 1.96 bits per heavy atom. The number of pyridine rings is 1. The zero-order chi connectivity index (χ0) is 16.2. The quantitative estimate of drug-likeness (QED) is 0.806. The second-order valence-corrected chi connectivity index (χ2v) is 5.45. The Morgan fingerprint density at radius 1 is 1.17 bits per heavy atom. The summed E-state index contributed by atoms with van der Waals surface area (Å²) in [6.07, 6.45) is 6.82. The fraction of sp³-hybridized carbons (Fsp3) is 0.167. The number of carbonyl (C=O) groups is 1. The van der Waals surface area contributed by atoms with E-state index >= 15 is 0 Å². The predicted octanol–water partition coefficient (Wildman–Crippen LogP) is 2.64. The maximum absolute atomic E-state index is 12.5. The van der Waals surface area contributed by atoms with Gasteiger partial charge in [-0.1, -0.05) is 29.8 Å². The minimum atomic E-state index is -0.310. The fourth-order valence-electron chi connectivity index (χ4n) is 2.52. The molecule has 116 valence electrons. The molecular formula is C18H18N4O. The predicted molar refractivity (Wildman–Crippen MR) is 87.9 cm³/mol. The van der Waals surface area contributed by atoms with Crippen molar-refractivity contribution in [3.05, 3.63) is 83.7 Å². The largest absolute Gasteiger partial charge is 0.338 e. The van der Waals surface area contributed by atoms with Gasteiger partial charge >= 0.3 is 0 Å². The first-order chi connectivity index (χ1) is 11.1. The molecule has 5 heteroatoms. The zero-order valence-electron chi connectivity index (χ0n) is 13.1. The number of carbonyl (C=O) groups excluding carboxylic acids is 1. The molecule has 2 aromatic heterocycles. The van der Waals surface area contributed by atoms with Crippen molar-refractivity contribution in [3.8, 4) is 0 Å². The first-order valence-corrected chi connectivity index (χ1v) is 7.40. The van der Waals surface area contributed by atoms with Gasteiger partial charge in [0.15, 0.2) is 0 Å². The maximum atomic E-state index is 12.5. The van der Waals surface area contributed by atoms with Gasteiger partial charge in [0.05, 0.1) is 0 Å². The summed E-state index contributed by atoms with van der Waals surface area (Å²) in [6, 6.07) is 11.2. The number of aryl methyl sites for hydroxylation is 2. The smallest absolute Gasteiger partial charge is 0.252 e. The van der Waals surface area contributed by atoms with E-state index in [4.69, 9.17) is 0 Å². The Bertz CT molecular complexity index is 811. The van der Waals surface area contributed by atoms with E-state index in [-0.39, 0.29) is 11.9 Å². The highest BCUT2D eigenvalue weighted by Crippen LogP contribution is 2.22. The standard InChI is InChI=1S/C18H18N4O/c1-13-4-3-5-15(12-13)16(17-20-10-11-22(17)2)21-18(23)14-6-8-19-9-7-14/h3-12,16H,1-2H3,(H,21,23). The molecule has 1 unspecified atom stereocenters. The molecule has 0 spiro atoms. The Morgan fingerprint density at radius 3 is 2.61 bits per heavy atom. The van der Waals surface area contributed by atoms with Crippen molar-refractivity contribution >= 4 is 5.91 Å². The van der Waals surface area contributed by atoms with E-state index < -0.39 is 0 Å². The highest BCUT2D eigenvalue weighted by atomic mass is 16.1. The van der Waals surface area contributed by atoms with Gasteiger partial charge < -0.3 is 9.88 Å². The lowest BCUT2D eigenvalue weighted by Crippen LogP contribution is -2.31. The van der Waals surface area contributed by atoms with E-state index in [2.05, 4.69) is 21.4 Å². The van der Waals surface area contributed by atoms with Crippen LogP contribution in [0.5, 0.6) is 0 Å². The molecule has 0 saturated carbocycles. The van der Waals surface area contributed by atoms with Gasteiger partial charge in [0, 0.05) is 37.4 Å². The molecule has 1 N–H and O–H groups in total. The molecule has 1 amide bonds. The molecule has 0 saturated heterocycles. The van der Waals surface area contributed by atoms with Crippen LogP contribution in [-0.2, 0) is 7.05 Å². The number of nitrogens with zero attached hydrogens (tertiary/aromatic N) is 3.